The lowest BCUT2D eigenvalue weighted by molar-refractivity contribution is 0.0696. The molecule has 0 saturated carbocycles. The number of carbonyl (C=O) groups is 2. The lowest BCUT2D eigenvalue weighted by Crippen LogP contribution is -2.48. The summed E-state index contributed by atoms with van der Waals surface area (Å²) in [5.74, 6) is -0.918. The van der Waals surface area contributed by atoms with E-state index in [4.69, 9.17) is 9.84 Å². The summed E-state index contributed by atoms with van der Waals surface area (Å²) in [5.41, 5.74) is 3.47. The highest BCUT2D eigenvalue weighted by molar-refractivity contribution is 7.97. The molecule has 0 unspecified atom stereocenters. The third kappa shape index (κ3) is 3.86. The van der Waals surface area contributed by atoms with Gasteiger partial charge in [0.2, 0.25) is 0 Å². The fourth-order valence-corrected chi connectivity index (χ4v) is 4.76. The minimum absolute atomic E-state index is 0.108. The zero-order valence-corrected chi connectivity index (χ0v) is 16.4. The van der Waals surface area contributed by atoms with Gasteiger partial charge in [0.25, 0.3) is 0 Å². The predicted molar refractivity (Wildman–Crippen MR) is 108 cm³/mol. The maximum atomic E-state index is 12.4. The number of rotatable bonds is 4. The molecule has 1 fully saturated rings. The third-order valence-corrected chi connectivity index (χ3v) is 6.23. The fourth-order valence-electron chi connectivity index (χ4n) is 3.74. The van der Waals surface area contributed by atoms with Gasteiger partial charge in [-0.15, -0.1) is 0 Å². The number of hydrogen-bond donors (Lipinski definition) is 1. The average molecular weight is 398 g/mol. The Kier molecular flexibility index (Phi) is 5.28. The molecular weight excluding hydrogens is 376 g/mol. The Balaban J connectivity index is 1.43. The molecule has 2 heterocycles. The van der Waals surface area contributed by atoms with Gasteiger partial charge in [-0.25, -0.2) is 13.9 Å². The highest BCUT2D eigenvalue weighted by atomic mass is 32.2. The molecule has 6 nitrogen and oxygen atoms in total. The van der Waals surface area contributed by atoms with Crippen LogP contribution in [0.1, 0.15) is 34.3 Å². The number of amides is 1. The number of anilines is 1. The highest BCUT2D eigenvalue weighted by Gasteiger charge is 2.34. The van der Waals surface area contributed by atoms with E-state index >= 15 is 0 Å². The van der Waals surface area contributed by atoms with Gasteiger partial charge in [-0.3, -0.25) is 4.90 Å². The molecule has 7 heteroatoms. The molecule has 0 aliphatic carbocycles. The number of carboxylic acids is 1. The van der Waals surface area contributed by atoms with Crippen molar-refractivity contribution in [2.45, 2.75) is 37.3 Å². The third-order valence-electron chi connectivity index (χ3n) is 5.15. The normalized spacial score (nSPS) is 17.9. The van der Waals surface area contributed by atoms with Gasteiger partial charge < -0.3 is 9.84 Å². The van der Waals surface area contributed by atoms with Crippen LogP contribution in [0.4, 0.5) is 10.5 Å². The Hall–Kier alpha value is -2.51. The van der Waals surface area contributed by atoms with E-state index < -0.39 is 5.97 Å². The number of benzene rings is 2. The van der Waals surface area contributed by atoms with Gasteiger partial charge >= 0.3 is 12.1 Å². The molecule has 0 bridgehead atoms. The van der Waals surface area contributed by atoms with Crippen molar-refractivity contribution < 1.29 is 19.4 Å². The summed E-state index contributed by atoms with van der Waals surface area (Å²) in [6, 6.07) is 13.2. The van der Waals surface area contributed by atoms with Crippen LogP contribution in [0.5, 0.6) is 0 Å². The van der Waals surface area contributed by atoms with Crippen molar-refractivity contribution in [2.24, 2.45) is 0 Å². The van der Waals surface area contributed by atoms with Crippen molar-refractivity contribution in [3.63, 3.8) is 0 Å². The number of aryl methyl sites for hydroxylation is 1. The quantitative estimate of drug-likeness (QED) is 0.774. The minimum atomic E-state index is -0.918. The molecule has 146 valence electrons. The lowest BCUT2D eigenvalue weighted by Gasteiger charge is -2.39. The molecule has 1 amide bonds. The molecule has 0 atom stereocenters. The maximum Gasteiger partial charge on any atom is 0.414 e. The lowest BCUT2D eigenvalue weighted by atomic mass is 10.0. The SMILES string of the molecule is Cc1ccc2c(c1)COC(=O)N2C1CCN(Sc2cccc(C(=O)O)c2)CC1. The topological polar surface area (TPSA) is 70.1 Å². The second-order valence-electron chi connectivity index (χ2n) is 7.14. The molecule has 4 rings (SSSR count). The molecular formula is C21H22N2O4S. The Labute approximate surface area is 168 Å². The van der Waals surface area contributed by atoms with Gasteiger partial charge in [-0.1, -0.05) is 23.8 Å². The number of carbonyl (C=O) groups excluding carboxylic acids is 1. The molecule has 1 N–H and O–H groups in total. The van der Waals surface area contributed by atoms with E-state index in [-0.39, 0.29) is 12.1 Å². The van der Waals surface area contributed by atoms with Crippen LogP contribution in [0.25, 0.3) is 0 Å². The van der Waals surface area contributed by atoms with E-state index in [1.807, 2.05) is 30.0 Å². The number of piperidine rings is 1. The highest BCUT2D eigenvalue weighted by Crippen LogP contribution is 2.34. The summed E-state index contributed by atoms with van der Waals surface area (Å²) in [7, 11) is 0. The Morgan fingerprint density at radius 3 is 2.71 bits per heavy atom. The van der Waals surface area contributed by atoms with Gasteiger partial charge in [-0.05, 0) is 56.0 Å². The van der Waals surface area contributed by atoms with E-state index in [0.717, 1.165) is 47.6 Å². The van der Waals surface area contributed by atoms with Gasteiger partial charge in [0.1, 0.15) is 6.61 Å². The number of cyclic esters (lactones) is 1. The van der Waals surface area contributed by atoms with E-state index in [1.54, 1.807) is 30.1 Å². The number of carboxylic acid groups (broad SMARTS) is 1. The largest absolute Gasteiger partial charge is 0.478 e. The summed E-state index contributed by atoms with van der Waals surface area (Å²) in [5, 5.41) is 9.14. The molecule has 0 aromatic heterocycles. The minimum Gasteiger partial charge on any atom is -0.478 e. The summed E-state index contributed by atoms with van der Waals surface area (Å²) >= 11 is 1.57. The predicted octanol–water partition coefficient (Wildman–Crippen LogP) is 4.32. The van der Waals surface area contributed by atoms with Gasteiger partial charge in [0.05, 0.1) is 11.3 Å². The van der Waals surface area contributed by atoms with Crippen LogP contribution >= 0.6 is 11.9 Å². The van der Waals surface area contributed by atoms with E-state index in [1.165, 1.54) is 0 Å². The molecule has 2 aliphatic rings. The van der Waals surface area contributed by atoms with Crippen LogP contribution in [-0.4, -0.2) is 40.6 Å². The number of ether oxygens (including phenoxy) is 1. The van der Waals surface area contributed by atoms with Gasteiger partial charge in [0.15, 0.2) is 0 Å². The summed E-state index contributed by atoms with van der Waals surface area (Å²) in [4.78, 5) is 26.3. The first-order valence-electron chi connectivity index (χ1n) is 9.33. The zero-order chi connectivity index (χ0) is 19.7. The molecule has 2 aromatic rings. The standard InChI is InChI=1S/C21H22N2O4S/c1-14-5-6-19-16(11-14)13-27-21(26)23(19)17-7-9-22(10-8-17)28-18-4-2-3-15(12-18)20(24)25/h2-6,11-12,17H,7-10,13H2,1H3,(H,24,25). The molecule has 28 heavy (non-hydrogen) atoms. The second-order valence-corrected chi connectivity index (χ2v) is 8.31. The first-order valence-corrected chi connectivity index (χ1v) is 10.1. The van der Waals surface area contributed by atoms with Crippen molar-refractivity contribution in [1.29, 1.82) is 0 Å². The molecule has 2 aliphatic heterocycles. The van der Waals surface area contributed by atoms with Crippen LogP contribution in [-0.2, 0) is 11.3 Å². The Morgan fingerprint density at radius 2 is 1.96 bits per heavy atom. The molecule has 1 saturated heterocycles. The summed E-state index contributed by atoms with van der Waals surface area (Å²) < 4.78 is 7.62. The zero-order valence-electron chi connectivity index (χ0n) is 15.6. The van der Waals surface area contributed by atoms with Crippen LogP contribution < -0.4 is 4.90 Å². The number of hydrogen-bond acceptors (Lipinski definition) is 5. The monoisotopic (exact) mass is 398 g/mol. The van der Waals surface area contributed by atoms with E-state index in [0.29, 0.717) is 12.2 Å². The van der Waals surface area contributed by atoms with Crippen molar-refractivity contribution in [2.75, 3.05) is 18.0 Å². The Bertz CT molecular complexity index is 909. The van der Waals surface area contributed by atoms with Crippen LogP contribution in [0, 0.1) is 6.92 Å². The number of aromatic carboxylic acids is 1. The van der Waals surface area contributed by atoms with Crippen molar-refractivity contribution in [1.82, 2.24) is 4.31 Å². The van der Waals surface area contributed by atoms with E-state index in [9.17, 15) is 9.59 Å². The first-order chi connectivity index (χ1) is 13.5. The summed E-state index contributed by atoms with van der Waals surface area (Å²) in [6.45, 7) is 4.01. The Morgan fingerprint density at radius 1 is 1.18 bits per heavy atom. The van der Waals surface area contributed by atoms with Crippen molar-refractivity contribution in [3.05, 3.63) is 59.2 Å². The first kappa shape index (κ1) is 18.8. The number of nitrogens with zero attached hydrogens (tertiary/aromatic N) is 2. The number of fused-ring (bicyclic) bond motifs is 1. The fraction of sp³-hybridized carbons (Fsp3) is 0.333. The van der Waals surface area contributed by atoms with Crippen LogP contribution in [0.15, 0.2) is 47.4 Å². The van der Waals surface area contributed by atoms with Crippen LogP contribution in [0.2, 0.25) is 0 Å². The van der Waals surface area contributed by atoms with Crippen molar-refractivity contribution >= 4 is 29.7 Å². The van der Waals surface area contributed by atoms with Crippen molar-refractivity contribution in [3.8, 4) is 0 Å². The van der Waals surface area contributed by atoms with Gasteiger partial charge in [0, 0.05) is 29.6 Å². The molecule has 0 radical (unpaired) electrons. The smallest absolute Gasteiger partial charge is 0.414 e. The van der Waals surface area contributed by atoms with E-state index in [2.05, 4.69) is 10.4 Å². The van der Waals surface area contributed by atoms with Crippen LogP contribution in [0.3, 0.4) is 0 Å². The summed E-state index contributed by atoms with van der Waals surface area (Å²) in [6.07, 6.45) is 1.42. The average Bonchev–Trinajstić information content (AvgIpc) is 2.69. The maximum absolute atomic E-state index is 12.4. The second kappa shape index (κ2) is 7.85. The molecule has 2 aromatic carbocycles. The van der Waals surface area contributed by atoms with Gasteiger partial charge in [-0.2, -0.15) is 0 Å². The molecule has 0 spiro atoms.